The quantitative estimate of drug-likeness (QED) is 0.654. The van der Waals surface area contributed by atoms with Gasteiger partial charge in [0.2, 0.25) is 0 Å². The largest absolute Gasteiger partial charge is 0.506 e. The van der Waals surface area contributed by atoms with E-state index >= 15 is 0 Å². The highest BCUT2D eigenvalue weighted by Gasteiger charge is 2.14. The van der Waals surface area contributed by atoms with Crippen LogP contribution >= 0.6 is 11.6 Å². The molecule has 0 saturated heterocycles. The number of rotatable bonds is 2. The first-order valence-electron chi connectivity index (χ1n) is 3.48. The highest BCUT2D eigenvalue weighted by Crippen LogP contribution is 2.26. The van der Waals surface area contributed by atoms with Crippen molar-refractivity contribution >= 4 is 17.5 Å². The van der Waals surface area contributed by atoms with Gasteiger partial charge in [-0.3, -0.25) is 4.79 Å². The Morgan fingerprint density at radius 3 is 2.62 bits per heavy atom. The maximum atomic E-state index is 10.6. The van der Waals surface area contributed by atoms with E-state index in [1.807, 2.05) is 0 Å². The summed E-state index contributed by atoms with van der Waals surface area (Å²) >= 11 is 5.55. The molecule has 1 rings (SSSR count). The number of aliphatic hydroxyl groups is 1. The van der Waals surface area contributed by atoms with Crippen molar-refractivity contribution in [3.8, 4) is 5.75 Å². The molecule has 0 aliphatic rings. The Morgan fingerprint density at radius 2 is 2.15 bits per heavy atom. The monoisotopic (exact) mass is 201 g/mol. The van der Waals surface area contributed by atoms with Crippen LogP contribution in [0.2, 0.25) is 5.02 Å². The third kappa shape index (κ3) is 2.11. The fourth-order valence-electron chi connectivity index (χ4n) is 0.857. The molecule has 0 bridgehead atoms. The van der Waals surface area contributed by atoms with Gasteiger partial charge in [0.05, 0.1) is 5.02 Å². The maximum Gasteiger partial charge on any atom is 0.250 e. The van der Waals surface area contributed by atoms with Crippen LogP contribution in [-0.2, 0) is 4.79 Å². The Labute approximate surface area is 79.6 Å². The van der Waals surface area contributed by atoms with E-state index in [1.54, 1.807) is 0 Å². The Morgan fingerprint density at radius 1 is 1.54 bits per heavy atom. The number of aromatic hydroxyl groups is 1. The normalized spacial score (nSPS) is 12.5. The highest BCUT2D eigenvalue weighted by atomic mass is 35.5. The molecule has 4 nitrogen and oxygen atoms in total. The van der Waals surface area contributed by atoms with Gasteiger partial charge in [-0.25, -0.2) is 0 Å². The molecular formula is C8H8ClNO3. The van der Waals surface area contributed by atoms with Gasteiger partial charge < -0.3 is 15.9 Å². The second-order valence-corrected chi connectivity index (χ2v) is 2.92. The van der Waals surface area contributed by atoms with Crippen molar-refractivity contribution < 1.29 is 15.0 Å². The molecule has 5 heteroatoms. The lowest BCUT2D eigenvalue weighted by molar-refractivity contribution is -0.126. The lowest BCUT2D eigenvalue weighted by atomic mass is 10.1. The summed E-state index contributed by atoms with van der Waals surface area (Å²) in [5.41, 5.74) is 5.12. The summed E-state index contributed by atoms with van der Waals surface area (Å²) in [6.45, 7) is 0. The molecule has 1 amide bonds. The summed E-state index contributed by atoms with van der Waals surface area (Å²) in [6.07, 6.45) is -1.39. The number of phenols is 1. The van der Waals surface area contributed by atoms with Crippen LogP contribution in [-0.4, -0.2) is 16.1 Å². The Hall–Kier alpha value is -1.26. The number of aliphatic hydroxyl groups excluding tert-OH is 1. The zero-order valence-corrected chi connectivity index (χ0v) is 7.32. The Balaban J connectivity index is 3.03. The van der Waals surface area contributed by atoms with E-state index in [-0.39, 0.29) is 16.3 Å². The Kier molecular flexibility index (Phi) is 2.75. The molecule has 0 heterocycles. The van der Waals surface area contributed by atoms with Crippen LogP contribution in [0.1, 0.15) is 11.7 Å². The second kappa shape index (κ2) is 3.64. The molecule has 0 saturated carbocycles. The molecule has 0 spiro atoms. The standard InChI is InChI=1S/C8H8ClNO3/c9-5-3-4(1-2-6(5)11)7(12)8(10)13/h1-3,7,11-12H,(H2,10,13)/t7-/m1/s1. The number of carbonyl (C=O) groups excluding carboxylic acids is 1. The third-order valence-corrected chi connectivity index (χ3v) is 1.86. The van der Waals surface area contributed by atoms with Crippen molar-refractivity contribution in [1.29, 1.82) is 0 Å². The number of hydrogen-bond donors (Lipinski definition) is 3. The average molecular weight is 202 g/mol. The first kappa shape index (κ1) is 9.83. The minimum atomic E-state index is -1.39. The van der Waals surface area contributed by atoms with Crippen molar-refractivity contribution in [2.45, 2.75) is 6.10 Å². The number of benzene rings is 1. The summed E-state index contributed by atoms with van der Waals surface area (Å²) in [5.74, 6) is -0.969. The van der Waals surface area contributed by atoms with Crippen LogP contribution in [0.5, 0.6) is 5.75 Å². The number of nitrogens with two attached hydrogens (primary N) is 1. The van der Waals surface area contributed by atoms with E-state index in [9.17, 15) is 9.90 Å². The van der Waals surface area contributed by atoms with Crippen LogP contribution in [0, 0.1) is 0 Å². The van der Waals surface area contributed by atoms with Gasteiger partial charge in [-0.1, -0.05) is 17.7 Å². The number of hydrogen-bond acceptors (Lipinski definition) is 3. The fourth-order valence-corrected chi connectivity index (χ4v) is 1.05. The molecule has 0 unspecified atom stereocenters. The molecule has 0 aliphatic heterocycles. The summed E-state index contributed by atoms with van der Waals surface area (Å²) < 4.78 is 0. The molecular weight excluding hydrogens is 194 g/mol. The van der Waals surface area contributed by atoms with E-state index in [0.717, 1.165) is 0 Å². The zero-order valence-electron chi connectivity index (χ0n) is 6.57. The van der Waals surface area contributed by atoms with Gasteiger partial charge in [0, 0.05) is 0 Å². The van der Waals surface area contributed by atoms with Gasteiger partial charge in [-0.15, -0.1) is 0 Å². The third-order valence-electron chi connectivity index (χ3n) is 1.56. The lowest BCUT2D eigenvalue weighted by Gasteiger charge is -2.07. The number of primary amides is 1. The van der Waals surface area contributed by atoms with E-state index in [2.05, 4.69) is 0 Å². The van der Waals surface area contributed by atoms with E-state index in [4.69, 9.17) is 22.4 Å². The van der Waals surface area contributed by atoms with Gasteiger partial charge in [0.1, 0.15) is 5.75 Å². The van der Waals surface area contributed by atoms with Crippen LogP contribution < -0.4 is 5.73 Å². The van der Waals surface area contributed by atoms with Crippen LogP contribution in [0.4, 0.5) is 0 Å². The molecule has 0 fully saturated rings. The second-order valence-electron chi connectivity index (χ2n) is 2.52. The van der Waals surface area contributed by atoms with Crippen molar-refractivity contribution in [2.24, 2.45) is 5.73 Å². The van der Waals surface area contributed by atoms with E-state index in [1.165, 1.54) is 18.2 Å². The SMILES string of the molecule is NC(=O)[C@H](O)c1ccc(O)c(Cl)c1. The smallest absolute Gasteiger partial charge is 0.250 e. The van der Waals surface area contributed by atoms with Crippen molar-refractivity contribution in [3.05, 3.63) is 28.8 Å². The molecule has 0 aromatic heterocycles. The number of carbonyl (C=O) groups is 1. The number of halogens is 1. The topological polar surface area (TPSA) is 83.6 Å². The molecule has 0 radical (unpaired) electrons. The molecule has 1 aromatic rings. The molecule has 0 aliphatic carbocycles. The summed E-state index contributed by atoms with van der Waals surface area (Å²) in [5, 5.41) is 18.3. The summed E-state index contributed by atoms with van der Waals surface area (Å²) in [7, 11) is 0. The molecule has 13 heavy (non-hydrogen) atoms. The predicted octanol–water partition coefficient (Wildman–Crippen LogP) is 0.564. The predicted molar refractivity (Wildman–Crippen MR) is 47.3 cm³/mol. The Bertz CT molecular complexity index is 340. The van der Waals surface area contributed by atoms with E-state index in [0.29, 0.717) is 0 Å². The van der Waals surface area contributed by atoms with Crippen molar-refractivity contribution in [3.63, 3.8) is 0 Å². The van der Waals surface area contributed by atoms with Crippen LogP contribution in [0.3, 0.4) is 0 Å². The van der Waals surface area contributed by atoms with Crippen molar-refractivity contribution in [2.75, 3.05) is 0 Å². The van der Waals surface area contributed by atoms with Crippen molar-refractivity contribution in [1.82, 2.24) is 0 Å². The lowest BCUT2D eigenvalue weighted by Crippen LogP contribution is -2.20. The average Bonchev–Trinajstić information content (AvgIpc) is 2.08. The van der Waals surface area contributed by atoms with Gasteiger partial charge in [-0.05, 0) is 17.7 Å². The van der Waals surface area contributed by atoms with Gasteiger partial charge in [-0.2, -0.15) is 0 Å². The summed E-state index contributed by atoms with van der Waals surface area (Å²) in [6, 6.07) is 3.94. The molecule has 70 valence electrons. The molecule has 1 atom stereocenters. The zero-order chi connectivity index (χ0) is 10.0. The fraction of sp³-hybridized carbons (Fsp3) is 0.125. The minimum absolute atomic E-state index is 0.0674. The number of amides is 1. The van der Waals surface area contributed by atoms with Crippen LogP contribution in [0.25, 0.3) is 0 Å². The van der Waals surface area contributed by atoms with Gasteiger partial charge in [0.25, 0.3) is 5.91 Å². The first-order chi connectivity index (χ1) is 6.02. The van der Waals surface area contributed by atoms with Crippen LogP contribution in [0.15, 0.2) is 18.2 Å². The first-order valence-corrected chi connectivity index (χ1v) is 3.86. The minimum Gasteiger partial charge on any atom is -0.506 e. The van der Waals surface area contributed by atoms with E-state index < -0.39 is 12.0 Å². The number of phenolic OH excluding ortho intramolecular Hbond substituents is 1. The maximum absolute atomic E-state index is 10.6. The molecule has 4 N–H and O–H groups in total. The van der Waals surface area contributed by atoms with Gasteiger partial charge in [0.15, 0.2) is 6.10 Å². The molecule has 1 aromatic carbocycles. The summed E-state index contributed by atoms with van der Waals surface area (Å²) in [4.78, 5) is 10.6. The van der Waals surface area contributed by atoms with Gasteiger partial charge >= 0.3 is 0 Å². The highest BCUT2D eigenvalue weighted by molar-refractivity contribution is 6.32.